The zero-order valence-electron chi connectivity index (χ0n) is 10.5. The van der Waals surface area contributed by atoms with E-state index in [-0.39, 0.29) is 5.54 Å². The van der Waals surface area contributed by atoms with Crippen molar-refractivity contribution < 1.29 is 0 Å². The van der Waals surface area contributed by atoms with Crippen LogP contribution in [0.15, 0.2) is 0 Å². The Morgan fingerprint density at radius 3 is 2.47 bits per heavy atom. The maximum Gasteiger partial charge on any atom is 0.106 e. The van der Waals surface area contributed by atoms with Gasteiger partial charge in [-0.2, -0.15) is 17.0 Å². The molecule has 0 amide bonds. The molecule has 0 aromatic carbocycles. The summed E-state index contributed by atoms with van der Waals surface area (Å²) in [7, 11) is 0. The van der Waals surface area contributed by atoms with Crippen LogP contribution in [0, 0.1) is 11.3 Å². The fourth-order valence-electron chi connectivity index (χ4n) is 1.60. The van der Waals surface area contributed by atoms with Crippen molar-refractivity contribution in [3.05, 3.63) is 0 Å². The summed E-state index contributed by atoms with van der Waals surface area (Å²) in [6.07, 6.45) is 2.98. The normalized spacial score (nSPS) is 14.9. The number of hydrogen-bond acceptors (Lipinski definition) is 3. The van der Waals surface area contributed by atoms with Gasteiger partial charge in [0, 0.05) is 0 Å². The van der Waals surface area contributed by atoms with Gasteiger partial charge < -0.3 is 0 Å². The first-order valence-corrected chi connectivity index (χ1v) is 6.93. The van der Waals surface area contributed by atoms with Crippen LogP contribution < -0.4 is 5.32 Å². The Kier molecular flexibility index (Phi) is 7.90. The van der Waals surface area contributed by atoms with Crippen LogP contribution in [-0.2, 0) is 0 Å². The maximum absolute atomic E-state index is 9.20. The summed E-state index contributed by atoms with van der Waals surface area (Å²) in [6.45, 7) is 9.45. The molecule has 0 bridgehead atoms. The van der Waals surface area contributed by atoms with Crippen molar-refractivity contribution in [1.82, 2.24) is 5.32 Å². The highest BCUT2D eigenvalue weighted by molar-refractivity contribution is 7.99. The van der Waals surface area contributed by atoms with Crippen LogP contribution in [-0.4, -0.2) is 23.1 Å². The molecule has 0 aromatic rings. The standard InChI is InChI=1S/C12H24N2S/c1-5-12(10-13,14-6-2)8-7-9-15-11(3)4/h11,14H,5-9H2,1-4H3. The Bertz CT molecular complexity index is 198. The van der Waals surface area contributed by atoms with Crippen molar-refractivity contribution in [2.75, 3.05) is 12.3 Å². The Morgan fingerprint density at radius 1 is 1.40 bits per heavy atom. The number of hydrogen-bond donors (Lipinski definition) is 1. The molecule has 0 aromatic heterocycles. The summed E-state index contributed by atoms with van der Waals surface area (Å²) >= 11 is 1.97. The first-order valence-electron chi connectivity index (χ1n) is 5.88. The van der Waals surface area contributed by atoms with Crippen LogP contribution in [0.5, 0.6) is 0 Å². The van der Waals surface area contributed by atoms with E-state index in [1.54, 1.807) is 0 Å². The van der Waals surface area contributed by atoms with Gasteiger partial charge in [0.15, 0.2) is 0 Å². The summed E-state index contributed by atoms with van der Waals surface area (Å²) in [5.41, 5.74) is -0.285. The fraction of sp³-hybridized carbons (Fsp3) is 0.917. The monoisotopic (exact) mass is 228 g/mol. The molecule has 0 saturated heterocycles. The first kappa shape index (κ1) is 14.8. The second-order valence-corrected chi connectivity index (χ2v) is 5.79. The predicted molar refractivity (Wildman–Crippen MR) is 69.1 cm³/mol. The number of rotatable bonds is 8. The van der Waals surface area contributed by atoms with Crippen LogP contribution in [0.1, 0.15) is 47.0 Å². The minimum absolute atomic E-state index is 0.285. The molecular formula is C12H24N2S. The summed E-state index contributed by atoms with van der Waals surface area (Å²) in [5.74, 6) is 1.16. The van der Waals surface area contributed by atoms with Crippen LogP contribution in [0.2, 0.25) is 0 Å². The summed E-state index contributed by atoms with van der Waals surface area (Å²) in [6, 6.07) is 2.43. The molecule has 0 radical (unpaired) electrons. The Labute approximate surface area is 98.8 Å². The second-order valence-electron chi connectivity index (χ2n) is 4.10. The molecule has 0 aliphatic heterocycles. The lowest BCUT2D eigenvalue weighted by Crippen LogP contribution is -2.43. The SMILES string of the molecule is CCNC(C#N)(CC)CCCSC(C)C. The van der Waals surface area contributed by atoms with Gasteiger partial charge in [0.25, 0.3) is 0 Å². The van der Waals surface area contributed by atoms with Gasteiger partial charge >= 0.3 is 0 Å². The minimum atomic E-state index is -0.285. The summed E-state index contributed by atoms with van der Waals surface area (Å²) in [4.78, 5) is 0. The summed E-state index contributed by atoms with van der Waals surface area (Å²) < 4.78 is 0. The lowest BCUT2D eigenvalue weighted by Gasteiger charge is -2.26. The van der Waals surface area contributed by atoms with Crippen molar-refractivity contribution in [2.24, 2.45) is 0 Å². The third kappa shape index (κ3) is 6.06. The lowest BCUT2D eigenvalue weighted by molar-refractivity contribution is 0.379. The third-order valence-electron chi connectivity index (χ3n) is 2.53. The van der Waals surface area contributed by atoms with Gasteiger partial charge in [0.05, 0.1) is 6.07 Å². The number of nitriles is 1. The van der Waals surface area contributed by atoms with Gasteiger partial charge in [-0.25, -0.2) is 0 Å². The van der Waals surface area contributed by atoms with E-state index in [1.165, 1.54) is 0 Å². The van der Waals surface area contributed by atoms with Gasteiger partial charge in [0.1, 0.15) is 5.54 Å². The zero-order chi connectivity index (χ0) is 11.7. The smallest absolute Gasteiger partial charge is 0.106 e. The Morgan fingerprint density at radius 2 is 2.07 bits per heavy atom. The minimum Gasteiger partial charge on any atom is -0.300 e. The number of nitrogens with zero attached hydrogens (tertiary/aromatic N) is 1. The molecule has 0 saturated carbocycles. The van der Waals surface area contributed by atoms with E-state index in [2.05, 4.69) is 39.1 Å². The van der Waals surface area contributed by atoms with Crippen LogP contribution in [0.25, 0.3) is 0 Å². The highest BCUT2D eigenvalue weighted by atomic mass is 32.2. The van der Waals surface area contributed by atoms with E-state index in [0.29, 0.717) is 5.25 Å². The van der Waals surface area contributed by atoms with Crippen LogP contribution in [0.3, 0.4) is 0 Å². The van der Waals surface area contributed by atoms with Gasteiger partial charge in [-0.3, -0.25) is 5.32 Å². The van der Waals surface area contributed by atoms with Crippen molar-refractivity contribution >= 4 is 11.8 Å². The quantitative estimate of drug-likeness (QED) is 0.648. The molecular weight excluding hydrogens is 204 g/mol. The Hall–Kier alpha value is -0.200. The molecule has 0 aliphatic rings. The van der Waals surface area contributed by atoms with Gasteiger partial charge in [-0.05, 0) is 36.8 Å². The van der Waals surface area contributed by atoms with E-state index in [0.717, 1.165) is 31.6 Å². The zero-order valence-corrected chi connectivity index (χ0v) is 11.3. The van der Waals surface area contributed by atoms with E-state index in [9.17, 15) is 5.26 Å². The molecule has 3 heteroatoms. The van der Waals surface area contributed by atoms with Crippen LogP contribution >= 0.6 is 11.8 Å². The molecule has 1 N–H and O–H groups in total. The highest BCUT2D eigenvalue weighted by Crippen LogP contribution is 2.19. The third-order valence-corrected chi connectivity index (χ3v) is 3.72. The highest BCUT2D eigenvalue weighted by Gasteiger charge is 2.25. The molecule has 2 nitrogen and oxygen atoms in total. The van der Waals surface area contributed by atoms with Crippen molar-refractivity contribution in [3.63, 3.8) is 0 Å². The first-order chi connectivity index (χ1) is 7.10. The van der Waals surface area contributed by atoms with E-state index in [1.807, 2.05) is 11.8 Å². The van der Waals surface area contributed by atoms with Crippen molar-refractivity contribution in [3.8, 4) is 6.07 Å². The largest absolute Gasteiger partial charge is 0.300 e. The molecule has 0 aliphatic carbocycles. The topological polar surface area (TPSA) is 35.8 Å². The summed E-state index contributed by atoms with van der Waals surface area (Å²) in [5, 5.41) is 13.2. The molecule has 15 heavy (non-hydrogen) atoms. The van der Waals surface area contributed by atoms with Gasteiger partial charge in [-0.1, -0.05) is 27.7 Å². The van der Waals surface area contributed by atoms with E-state index >= 15 is 0 Å². The maximum atomic E-state index is 9.20. The average molecular weight is 228 g/mol. The second kappa shape index (κ2) is 8.01. The van der Waals surface area contributed by atoms with Crippen LogP contribution in [0.4, 0.5) is 0 Å². The molecule has 0 spiro atoms. The predicted octanol–water partition coefficient (Wildman–Crippen LogP) is 3.19. The molecule has 0 heterocycles. The van der Waals surface area contributed by atoms with Crippen molar-refractivity contribution in [2.45, 2.75) is 57.7 Å². The van der Waals surface area contributed by atoms with E-state index in [4.69, 9.17) is 0 Å². The fourth-order valence-corrected chi connectivity index (χ4v) is 2.38. The number of thioether (sulfide) groups is 1. The molecule has 1 unspecified atom stereocenters. The Balaban J connectivity index is 3.91. The molecule has 0 fully saturated rings. The average Bonchev–Trinajstić information content (AvgIpc) is 2.22. The van der Waals surface area contributed by atoms with Gasteiger partial charge in [0.2, 0.25) is 0 Å². The van der Waals surface area contributed by atoms with E-state index < -0.39 is 0 Å². The lowest BCUT2D eigenvalue weighted by atomic mass is 9.92. The molecule has 1 atom stereocenters. The van der Waals surface area contributed by atoms with Crippen molar-refractivity contribution in [1.29, 1.82) is 5.26 Å². The molecule has 0 rings (SSSR count). The van der Waals surface area contributed by atoms with Gasteiger partial charge in [-0.15, -0.1) is 0 Å². The number of nitrogens with one attached hydrogen (secondary N) is 1. The molecule has 88 valence electrons.